The van der Waals surface area contributed by atoms with Crippen molar-refractivity contribution in [2.45, 2.75) is 20.1 Å². The van der Waals surface area contributed by atoms with Gasteiger partial charge in [-0.05, 0) is 22.9 Å². The molecule has 74 valence electrons. The molecule has 0 aromatic carbocycles. The number of aromatic carboxylic acids is 1. The minimum absolute atomic E-state index is 0.282. The van der Waals surface area contributed by atoms with Crippen molar-refractivity contribution in [1.82, 2.24) is 4.98 Å². The molecule has 5 heteroatoms. The van der Waals surface area contributed by atoms with Gasteiger partial charge in [-0.3, -0.25) is 4.98 Å². The number of nitrogens with zero attached hydrogens (tertiary/aromatic N) is 1. The quantitative estimate of drug-likeness (QED) is 0.835. The fraction of sp³-hybridized carbons (Fsp3) is 0.333. The van der Waals surface area contributed by atoms with Gasteiger partial charge in [0.1, 0.15) is 0 Å². The van der Waals surface area contributed by atoms with E-state index in [2.05, 4.69) is 20.9 Å². The number of pyridine rings is 1. The third kappa shape index (κ3) is 1.33. The summed E-state index contributed by atoms with van der Waals surface area (Å²) in [5.41, 5.74) is 2.40. The molecule has 0 aliphatic carbocycles. The van der Waals surface area contributed by atoms with Gasteiger partial charge in [0.05, 0.1) is 34.6 Å². The number of halogens is 1. The predicted molar refractivity (Wildman–Crippen MR) is 52.1 cm³/mol. The van der Waals surface area contributed by atoms with E-state index < -0.39 is 5.97 Å². The van der Waals surface area contributed by atoms with E-state index in [1.165, 1.54) is 0 Å². The number of rotatable bonds is 1. The maximum Gasteiger partial charge on any atom is 0.337 e. The number of hydrogen-bond donors (Lipinski definition) is 1. The van der Waals surface area contributed by atoms with Gasteiger partial charge < -0.3 is 9.84 Å². The van der Waals surface area contributed by atoms with E-state index in [9.17, 15) is 4.79 Å². The Kier molecular flexibility index (Phi) is 2.28. The van der Waals surface area contributed by atoms with E-state index in [1.54, 1.807) is 6.92 Å². The average Bonchev–Trinajstić information content (AvgIpc) is 2.52. The molecular weight excluding hydrogens is 250 g/mol. The standard InChI is InChI=1S/C9H8BrNO3/c1-4-8(10)7(9(12)13)5-2-14-3-6(5)11-4/h2-3H2,1H3,(H,12,13). The largest absolute Gasteiger partial charge is 0.478 e. The second-order valence-corrected chi connectivity index (χ2v) is 3.90. The van der Waals surface area contributed by atoms with Gasteiger partial charge in [-0.2, -0.15) is 0 Å². The van der Waals surface area contributed by atoms with Gasteiger partial charge >= 0.3 is 5.97 Å². The van der Waals surface area contributed by atoms with Crippen LogP contribution in [0.15, 0.2) is 4.47 Å². The summed E-state index contributed by atoms with van der Waals surface area (Å²) in [6.45, 7) is 2.52. The van der Waals surface area contributed by atoms with Crippen LogP contribution in [0.4, 0.5) is 0 Å². The Morgan fingerprint density at radius 2 is 2.29 bits per heavy atom. The van der Waals surface area contributed by atoms with Crippen LogP contribution in [0.2, 0.25) is 0 Å². The van der Waals surface area contributed by atoms with Crippen LogP contribution in [0.3, 0.4) is 0 Å². The highest BCUT2D eigenvalue weighted by molar-refractivity contribution is 9.10. The molecular formula is C9H8BrNO3. The van der Waals surface area contributed by atoms with Crippen LogP contribution in [0.1, 0.15) is 27.3 Å². The normalized spacial score (nSPS) is 14.1. The first-order chi connectivity index (χ1) is 6.61. The summed E-state index contributed by atoms with van der Waals surface area (Å²) in [6, 6.07) is 0. The Hall–Kier alpha value is -0.940. The molecule has 0 unspecified atom stereocenters. The summed E-state index contributed by atoms with van der Waals surface area (Å²) in [4.78, 5) is 15.3. The van der Waals surface area contributed by atoms with Crippen LogP contribution in [-0.2, 0) is 18.0 Å². The molecule has 0 atom stereocenters. The number of hydrogen-bond acceptors (Lipinski definition) is 3. The first-order valence-electron chi connectivity index (χ1n) is 4.10. The fourth-order valence-corrected chi connectivity index (χ4v) is 2.02. The van der Waals surface area contributed by atoms with Crippen LogP contribution in [0.5, 0.6) is 0 Å². The summed E-state index contributed by atoms with van der Waals surface area (Å²) in [7, 11) is 0. The molecule has 14 heavy (non-hydrogen) atoms. The minimum atomic E-state index is -0.941. The van der Waals surface area contributed by atoms with Gasteiger partial charge in [-0.25, -0.2) is 4.79 Å². The number of fused-ring (bicyclic) bond motifs is 1. The lowest BCUT2D eigenvalue weighted by molar-refractivity contribution is 0.0691. The lowest BCUT2D eigenvalue weighted by atomic mass is 10.1. The van der Waals surface area contributed by atoms with Crippen LogP contribution in [0.25, 0.3) is 0 Å². The van der Waals surface area contributed by atoms with E-state index in [-0.39, 0.29) is 5.56 Å². The molecule has 4 nitrogen and oxygen atoms in total. The lowest BCUT2D eigenvalue weighted by Crippen LogP contribution is -2.07. The summed E-state index contributed by atoms with van der Waals surface area (Å²) in [6.07, 6.45) is 0. The van der Waals surface area contributed by atoms with Crippen LogP contribution in [0, 0.1) is 6.92 Å². The van der Waals surface area contributed by atoms with Gasteiger partial charge in [0.25, 0.3) is 0 Å². The van der Waals surface area contributed by atoms with E-state index in [1.807, 2.05) is 0 Å². The van der Waals surface area contributed by atoms with E-state index in [4.69, 9.17) is 9.84 Å². The Morgan fingerprint density at radius 1 is 1.57 bits per heavy atom. The molecule has 0 fully saturated rings. The Labute approximate surface area is 89.0 Å². The summed E-state index contributed by atoms with van der Waals surface area (Å²) < 4.78 is 5.72. The summed E-state index contributed by atoms with van der Waals surface area (Å²) in [5.74, 6) is -0.941. The Bertz CT molecular complexity index is 417. The van der Waals surface area contributed by atoms with Crippen LogP contribution < -0.4 is 0 Å². The SMILES string of the molecule is Cc1nc2c(c(C(=O)O)c1Br)COC2. The van der Waals surface area contributed by atoms with Crippen molar-refractivity contribution in [3.05, 3.63) is 27.0 Å². The zero-order valence-electron chi connectivity index (χ0n) is 7.50. The zero-order chi connectivity index (χ0) is 10.3. The molecule has 0 bridgehead atoms. The minimum Gasteiger partial charge on any atom is -0.478 e. The highest BCUT2D eigenvalue weighted by Crippen LogP contribution is 2.29. The topological polar surface area (TPSA) is 59.4 Å². The van der Waals surface area contributed by atoms with E-state index in [0.717, 1.165) is 5.69 Å². The third-order valence-electron chi connectivity index (χ3n) is 2.19. The molecule has 0 spiro atoms. The van der Waals surface area contributed by atoms with Crippen molar-refractivity contribution in [3.63, 3.8) is 0 Å². The summed E-state index contributed by atoms with van der Waals surface area (Å²) in [5, 5.41) is 9.04. The second kappa shape index (κ2) is 3.33. The first kappa shape index (κ1) is 9.61. The zero-order valence-corrected chi connectivity index (χ0v) is 9.09. The second-order valence-electron chi connectivity index (χ2n) is 3.11. The molecule has 1 aromatic rings. The first-order valence-corrected chi connectivity index (χ1v) is 4.89. The van der Waals surface area contributed by atoms with Gasteiger partial charge in [-0.1, -0.05) is 0 Å². The van der Waals surface area contributed by atoms with Crippen molar-refractivity contribution in [3.8, 4) is 0 Å². The molecule has 1 aliphatic heterocycles. The smallest absolute Gasteiger partial charge is 0.337 e. The Balaban J connectivity index is 2.72. The lowest BCUT2D eigenvalue weighted by Gasteiger charge is -2.07. The molecule has 0 amide bonds. The van der Waals surface area contributed by atoms with Crippen molar-refractivity contribution < 1.29 is 14.6 Å². The summed E-state index contributed by atoms with van der Waals surface area (Å²) >= 11 is 3.24. The average molecular weight is 258 g/mol. The van der Waals surface area contributed by atoms with Crippen LogP contribution >= 0.6 is 15.9 Å². The third-order valence-corrected chi connectivity index (χ3v) is 3.16. The maximum absolute atomic E-state index is 11.0. The highest BCUT2D eigenvalue weighted by atomic mass is 79.9. The van der Waals surface area contributed by atoms with Crippen molar-refractivity contribution in [2.24, 2.45) is 0 Å². The molecule has 2 heterocycles. The number of aromatic nitrogens is 1. The Morgan fingerprint density at radius 3 is 2.93 bits per heavy atom. The number of carboxylic acid groups (broad SMARTS) is 1. The van der Waals surface area contributed by atoms with E-state index in [0.29, 0.717) is 28.9 Å². The molecule has 0 saturated carbocycles. The van der Waals surface area contributed by atoms with E-state index >= 15 is 0 Å². The van der Waals surface area contributed by atoms with Gasteiger partial charge in [0.2, 0.25) is 0 Å². The van der Waals surface area contributed by atoms with Crippen molar-refractivity contribution in [2.75, 3.05) is 0 Å². The highest BCUT2D eigenvalue weighted by Gasteiger charge is 2.24. The maximum atomic E-state index is 11.0. The van der Waals surface area contributed by atoms with Gasteiger partial charge in [0.15, 0.2) is 0 Å². The molecule has 1 aliphatic rings. The number of carbonyl (C=O) groups is 1. The van der Waals surface area contributed by atoms with Crippen molar-refractivity contribution >= 4 is 21.9 Å². The molecule has 1 aromatic heterocycles. The number of aryl methyl sites for hydroxylation is 1. The predicted octanol–water partition coefficient (Wildman–Crippen LogP) is 1.88. The van der Waals surface area contributed by atoms with Crippen LogP contribution in [-0.4, -0.2) is 16.1 Å². The molecule has 0 saturated heterocycles. The number of carboxylic acids is 1. The fourth-order valence-electron chi connectivity index (χ4n) is 1.52. The van der Waals surface area contributed by atoms with Gasteiger partial charge in [-0.15, -0.1) is 0 Å². The van der Waals surface area contributed by atoms with Crippen molar-refractivity contribution in [1.29, 1.82) is 0 Å². The molecule has 0 radical (unpaired) electrons. The number of ether oxygens (including phenoxy) is 1. The molecule has 1 N–H and O–H groups in total. The monoisotopic (exact) mass is 257 g/mol. The molecule has 2 rings (SSSR count). The van der Waals surface area contributed by atoms with Gasteiger partial charge in [0, 0.05) is 5.56 Å².